The number of hydrogen-bond acceptors (Lipinski definition) is 6. The molecule has 26 heavy (non-hydrogen) atoms. The minimum absolute atomic E-state index is 0.311. The summed E-state index contributed by atoms with van der Waals surface area (Å²) < 4.78 is 1.77. The highest BCUT2D eigenvalue weighted by molar-refractivity contribution is 7.16. The average Bonchev–Trinajstić information content (AvgIpc) is 3.30. The predicted octanol–water partition coefficient (Wildman–Crippen LogP) is 2.63. The number of rotatable bonds is 5. The van der Waals surface area contributed by atoms with Crippen molar-refractivity contribution in [2.24, 2.45) is 0 Å². The fourth-order valence-electron chi connectivity index (χ4n) is 3.30. The summed E-state index contributed by atoms with van der Waals surface area (Å²) >= 11 is 1.55. The Kier molecular flexibility index (Phi) is 4.83. The lowest BCUT2D eigenvalue weighted by atomic mass is 9.89. The molecule has 0 radical (unpaired) electrons. The zero-order valence-corrected chi connectivity index (χ0v) is 15.5. The monoisotopic (exact) mass is 374 g/mol. The SMILES string of the molecule is Cc1nn2cc(CCNC(=O)Nc3n[nH]c(C4CCCCC4)n3)nc2s1. The summed E-state index contributed by atoms with van der Waals surface area (Å²) in [5.41, 5.74) is 0.904. The van der Waals surface area contributed by atoms with Crippen LogP contribution < -0.4 is 10.6 Å². The molecule has 0 aromatic carbocycles. The van der Waals surface area contributed by atoms with Gasteiger partial charge >= 0.3 is 6.03 Å². The van der Waals surface area contributed by atoms with Crippen molar-refractivity contribution in [3.63, 3.8) is 0 Å². The first kappa shape index (κ1) is 17.0. The van der Waals surface area contributed by atoms with Crippen LogP contribution in [-0.2, 0) is 6.42 Å². The predicted molar refractivity (Wildman–Crippen MR) is 98.5 cm³/mol. The summed E-state index contributed by atoms with van der Waals surface area (Å²) in [6.07, 6.45) is 8.57. The number of hydrogen-bond donors (Lipinski definition) is 3. The van der Waals surface area contributed by atoms with E-state index in [1.54, 1.807) is 15.9 Å². The van der Waals surface area contributed by atoms with E-state index in [1.165, 1.54) is 19.3 Å². The third-order valence-corrected chi connectivity index (χ3v) is 5.42. The van der Waals surface area contributed by atoms with Crippen LogP contribution in [0.25, 0.3) is 4.96 Å². The molecule has 3 aromatic heterocycles. The topological polar surface area (TPSA) is 113 Å². The fourth-order valence-corrected chi connectivity index (χ4v) is 4.05. The second-order valence-electron chi connectivity index (χ2n) is 6.59. The molecule has 3 N–H and O–H groups in total. The van der Waals surface area contributed by atoms with Crippen LogP contribution in [0.2, 0.25) is 0 Å². The van der Waals surface area contributed by atoms with Crippen LogP contribution in [0.5, 0.6) is 0 Å². The van der Waals surface area contributed by atoms with Crippen molar-refractivity contribution < 1.29 is 4.79 Å². The van der Waals surface area contributed by atoms with Gasteiger partial charge in [0.1, 0.15) is 10.8 Å². The largest absolute Gasteiger partial charge is 0.337 e. The second-order valence-corrected chi connectivity index (χ2v) is 7.75. The number of carbonyl (C=O) groups is 1. The third-order valence-electron chi connectivity index (χ3n) is 4.58. The molecule has 2 amide bonds. The minimum Gasteiger partial charge on any atom is -0.337 e. The molecule has 0 bridgehead atoms. The Morgan fingerprint density at radius 1 is 1.35 bits per heavy atom. The molecular weight excluding hydrogens is 352 g/mol. The van der Waals surface area contributed by atoms with Gasteiger partial charge in [-0.2, -0.15) is 10.1 Å². The molecule has 1 fully saturated rings. The number of carbonyl (C=O) groups excluding carboxylic acids is 1. The van der Waals surface area contributed by atoms with E-state index in [4.69, 9.17) is 0 Å². The Hall–Kier alpha value is -2.49. The molecule has 1 aliphatic carbocycles. The van der Waals surface area contributed by atoms with Crippen LogP contribution in [0.1, 0.15) is 54.5 Å². The maximum atomic E-state index is 12.0. The van der Waals surface area contributed by atoms with Crippen LogP contribution in [0.15, 0.2) is 6.20 Å². The van der Waals surface area contributed by atoms with Crippen molar-refractivity contribution in [1.29, 1.82) is 0 Å². The van der Waals surface area contributed by atoms with Crippen LogP contribution >= 0.6 is 11.3 Å². The van der Waals surface area contributed by atoms with E-state index < -0.39 is 0 Å². The molecule has 1 saturated carbocycles. The summed E-state index contributed by atoms with van der Waals surface area (Å²) in [5.74, 6) is 1.63. The fraction of sp³-hybridized carbons (Fsp3) is 0.562. The second kappa shape index (κ2) is 7.40. The third kappa shape index (κ3) is 3.85. The first-order valence-electron chi connectivity index (χ1n) is 8.96. The lowest BCUT2D eigenvalue weighted by Crippen LogP contribution is -2.30. The molecule has 0 unspecified atom stereocenters. The molecule has 9 nitrogen and oxygen atoms in total. The normalized spacial score (nSPS) is 15.4. The van der Waals surface area contributed by atoms with Crippen molar-refractivity contribution >= 4 is 28.3 Å². The van der Waals surface area contributed by atoms with Crippen molar-refractivity contribution in [3.05, 3.63) is 22.7 Å². The molecule has 10 heteroatoms. The number of aromatic amines is 1. The van der Waals surface area contributed by atoms with Crippen LogP contribution in [0.4, 0.5) is 10.7 Å². The number of urea groups is 1. The Morgan fingerprint density at radius 3 is 3.00 bits per heavy atom. The van der Waals surface area contributed by atoms with E-state index in [-0.39, 0.29) is 6.03 Å². The molecule has 3 heterocycles. The number of nitrogens with one attached hydrogen (secondary N) is 3. The summed E-state index contributed by atoms with van der Waals surface area (Å²) in [7, 11) is 0. The van der Waals surface area contributed by atoms with Gasteiger partial charge in [0.2, 0.25) is 10.9 Å². The molecule has 0 atom stereocenters. The minimum atomic E-state index is -0.311. The number of anilines is 1. The van der Waals surface area contributed by atoms with Crippen LogP contribution in [-0.4, -0.2) is 42.4 Å². The van der Waals surface area contributed by atoms with E-state index >= 15 is 0 Å². The maximum absolute atomic E-state index is 12.0. The van der Waals surface area contributed by atoms with Crippen molar-refractivity contribution in [2.45, 2.75) is 51.4 Å². The Labute approximate surface area is 154 Å². The highest BCUT2D eigenvalue weighted by atomic mass is 32.1. The molecule has 4 rings (SSSR count). The van der Waals surface area contributed by atoms with Gasteiger partial charge in [-0.3, -0.25) is 10.4 Å². The van der Waals surface area contributed by atoms with Gasteiger partial charge in [-0.15, -0.1) is 5.10 Å². The summed E-state index contributed by atoms with van der Waals surface area (Å²) in [5, 5.41) is 17.8. The van der Waals surface area contributed by atoms with Crippen molar-refractivity contribution in [1.82, 2.24) is 35.1 Å². The first-order valence-corrected chi connectivity index (χ1v) is 9.78. The zero-order chi connectivity index (χ0) is 17.9. The summed E-state index contributed by atoms with van der Waals surface area (Å²) in [6.45, 7) is 2.43. The Morgan fingerprint density at radius 2 is 2.19 bits per heavy atom. The Bertz CT molecular complexity index is 860. The van der Waals surface area contributed by atoms with Gasteiger partial charge in [-0.05, 0) is 19.8 Å². The van der Waals surface area contributed by atoms with Crippen molar-refractivity contribution in [3.8, 4) is 0 Å². The van der Waals surface area contributed by atoms with Gasteiger partial charge in [-0.25, -0.2) is 14.3 Å². The Balaban J connectivity index is 1.24. The molecular formula is C16H22N8OS. The molecule has 0 spiro atoms. The quantitative estimate of drug-likeness (QED) is 0.635. The summed E-state index contributed by atoms with van der Waals surface area (Å²) in [6, 6.07) is -0.311. The van der Waals surface area contributed by atoms with Crippen LogP contribution in [0, 0.1) is 6.92 Å². The van der Waals surface area contributed by atoms with E-state index in [0.29, 0.717) is 24.8 Å². The number of fused-ring (bicyclic) bond motifs is 1. The number of amides is 2. The van der Waals surface area contributed by atoms with Crippen molar-refractivity contribution in [2.75, 3.05) is 11.9 Å². The highest BCUT2D eigenvalue weighted by Gasteiger charge is 2.19. The van der Waals surface area contributed by atoms with E-state index in [1.807, 2.05) is 13.1 Å². The smallest absolute Gasteiger partial charge is 0.321 e. The molecule has 1 aliphatic rings. The summed E-state index contributed by atoms with van der Waals surface area (Å²) in [4.78, 5) is 21.8. The maximum Gasteiger partial charge on any atom is 0.321 e. The average molecular weight is 374 g/mol. The van der Waals surface area contributed by atoms with Crippen LogP contribution in [0.3, 0.4) is 0 Å². The molecule has 3 aromatic rings. The van der Waals surface area contributed by atoms with Gasteiger partial charge in [0.25, 0.3) is 0 Å². The lowest BCUT2D eigenvalue weighted by molar-refractivity contribution is 0.252. The number of imidazole rings is 1. The van der Waals surface area contributed by atoms with E-state index in [9.17, 15) is 4.79 Å². The van der Waals surface area contributed by atoms with E-state index in [0.717, 1.165) is 34.3 Å². The van der Waals surface area contributed by atoms with Gasteiger partial charge < -0.3 is 5.32 Å². The van der Waals surface area contributed by atoms with E-state index in [2.05, 4.69) is 35.9 Å². The molecule has 0 saturated heterocycles. The number of H-pyrrole nitrogens is 1. The number of nitrogens with zero attached hydrogens (tertiary/aromatic N) is 5. The molecule has 0 aliphatic heterocycles. The zero-order valence-electron chi connectivity index (χ0n) is 14.7. The van der Waals surface area contributed by atoms with Gasteiger partial charge in [0.15, 0.2) is 0 Å². The van der Waals surface area contributed by atoms with Gasteiger partial charge in [0, 0.05) is 18.9 Å². The standard InChI is InChI=1S/C16H22N8OS/c1-10-23-24-9-12(18-16(24)26-10)7-8-17-15(25)20-14-19-13(21-22-14)11-5-3-2-4-6-11/h9,11H,2-8H2,1H3,(H3,17,19,20,21,22,25). The number of aromatic nitrogens is 6. The van der Waals surface area contributed by atoms with Gasteiger partial charge in [0.05, 0.1) is 11.9 Å². The first-order chi connectivity index (χ1) is 12.7. The lowest BCUT2D eigenvalue weighted by Gasteiger charge is -2.18. The van der Waals surface area contributed by atoms with Gasteiger partial charge in [-0.1, -0.05) is 30.6 Å². The number of aryl methyl sites for hydroxylation is 1. The molecule has 138 valence electrons. The highest BCUT2D eigenvalue weighted by Crippen LogP contribution is 2.30.